The van der Waals surface area contributed by atoms with Gasteiger partial charge in [-0.2, -0.15) is 0 Å². The van der Waals surface area contributed by atoms with E-state index in [0.29, 0.717) is 6.54 Å². The first-order valence-electron chi connectivity index (χ1n) is 11.2. The second kappa shape index (κ2) is 11.9. The van der Waals surface area contributed by atoms with E-state index in [4.69, 9.17) is 4.74 Å². The summed E-state index contributed by atoms with van der Waals surface area (Å²) in [5.41, 5.74) is 2.33. The highest BCUT2D eigenvalue weighted by Gasteiger charge is 2.11. The summed E-state index contributed by atoms with van der Waals surface area (Å²) in [5.74, 6) is 0.781. The van der Waals surface area contributed by atoms with Gasteiger partial charge < -0.3 is 15.0 Å². The van der Waals surface area contributed by atoms with Gasteiger partial charge in [-0.3, -0.25) is 9.79 Å². The number of hydrogen-bond acceptors (Lipinski definition) is 4. The van der Waals surface area contributed by atoms with Crippen LogP contribution in [0.25, 0.3) is 16.8 Å². The molecular weight excluding hydrogens is 386 g/mol. The van der Waals surface area contributed by atoms with Gasteiger partial charge in [0.1, 0.15) is 12.4 Å². The maximum Gasteiger partial charge on any atom is 0.243 e. The Morgan fingerprint density at radius 1 is 1.23 bits per heavy atom. The molecule has 0 aromatic heterocycles. The van der Waals surface area contributed by atoms with E-state index in [9.17, 15) is 4.79 Å². The van der Waals surface area contributed by atoms with Crippen LogP contribution in [-0.2, 0) is 11.2 Å². The lowest BCUT2D eigenvalue weighted by molar-refractivity contribution is -0.116. The van der Waals surface area contributed by atoms with Crippen LogP contribution in [0.2, 0.25) is 0 Å². The predicted octanol–water partition coefficient (Wildman–Crippen LogP) is 4.96. The standard InChI is InChI=1S/C26H33N3O2/c1-3-4-10-22-21(19-25(31-2)24-12-6-5-11-23(22)24)13-14-26(30)28-16-7-8-17-29-18-9-15-27-20-29/h5-6,9,11-15,18-19H,3-4,7-8,10,16-17,20H2,1-2H3,(H,28,30)/b14-13+. The molecule has 3 rings (SSSR count). The fourth-order valence-corrected chi connectivity index (χ4v) is 3.81. The number of methoxy groups -OCH3 is 1. The lowest BCUT2D eigenvalue weighted by Gasteiger charge is -2.19. The van der Waals surface area contributed by atoms with Crippen LogP contribution in [0.3, 0.4) is 0 Å². The van der Waals surface area contributed by atoms with Crippen molar-refractivity contribution >= 4 is 29.0 Å². The third kappa shape index (κ3) is 6.45. The van der Waals surface area contributed by atoms with E-state index >= 15 is 0 Å². The van der Waals surface area contributed by atoms with Crippen LogP contribution in [0, 0.1) is 0 Å². The molecule has 1 heterocycles. The van der Waals surface area contributed by atoms with Gasteiger partial charge in [0.25, 0.3) is 0 Å². The van der Waals surface area contributed by atoms with Crippen LogP contribution < -0.4 is 10.1 Å². The summed E-state index contributed by atoms with van der Waals surface area (Å²) in [6.45, 7) is 4.55. The molecule has 5 heteroatoms. The SMILES string of the molecule is CCCCc1c(/C=C/C(=O)NCCCCN2C=CC=NC2)cc(OC)c2ccccc12. The number of unbranched alkanes of at least 4 members (excludes halogenated alkanes) is 2. The summed E-state index contributed by atoms with van der Waals surface area (Å²) in [6, 6.07) is 10.4. The molecule has 5 nitrogen and oxygen atoms in total. The molecular formula is C26H33N3O2. The van der Waals surface area contributed by atoms with Gasteiger partial charge in [0, 0.05) is 37.0 Å². The van der Waals surface area contributed by atoms with Crippen LogP contribution in [-0.4, -0.2) is 43.9 Å². The topological polar surface area (TPSA) is 53.9 Å². The maximum atomic E-state index is 12.4. The lowest BCUT2D eigenvalue weighted by atomic mass is 9.94. The van der Waals surface area contributed by atoms with E-state index < -0.39 is 0 Å². The number of rotatable bonds is 11. The Morgan fingerprint density at radius 3 is 2.81 bits per heavy atom. The molecule has 0 aliphatic carbocycles. The minimum absolute atomic E-state index is 0.0592. The van der Waals surface area contributed by atoms with Gasteiger partial charge in [0.2, 0.25) is 5.91 Å². The Kier molecular flexibility index (Phi) is 8.71. The summed E-state index contributed by atoms with van der Waals surface area (Å²) < 4.78 is 5.62. The molecule has 1 aliphatic heterocycles. The maximum absolute atomic E-state index is 12.4. The number of aryl methyl sites for hydroxylation is 1. The number of nitrogens with one attached hydrogen (secondary N) is 1. The van der Waals surface area contributed by atoms with Crippen LogP contribution in [0.15, 0.2) is 53.7 Å². The summed E-state index contributed by atoms with van der Waals surface area (Å²) >= 11 is 0. The van der Waals surface area contributed by atoms with Crippen molar-refractivity contribution in [2.24, 2.45) is 4.99 Å². The van der Waals surface area contributed by atoms with Gasteiger partial charge in [0.05, 0.1) is 7.11 Å². The number of fused-ring (bicyclic) bond motifs is 1. The van der Waals surface area contributed by atoms with Gasteiger partial charge in [-0.05, 0) is 60.4 Å². The van der Waals surface area contributed by atoms with E-state index in [1.165, 1.54) is 10.9 Å². The van der Waals surface area contributed by atoms with E-state index in [0.717, 1.165) is 62.0 Å². The Labute approximate surface area is 185 Å². The van der Waals surface area contributed by atoms with Gasteiger partial charge in [-0.15, -0.1) is 0 Å². The number of allylic oxidation sites excluding steroid dienone is 1. The van der Waals surface area contributed by atoms with Gasteiger partial charge >= 0.3 is 0 Å². The van der Waals surface area contributed by atoms with Crippen molar-refractivity contribution < 1.29 is 9.53 Å². The summed E-state index contributed by atoms with van der Waals surface area (Å²) in [6.07, 6.45) is 14.6. The molecule has 0 spiro atoms. The van der Waals surface area contributed by atoms with Crippen LogP contribution in [0.4, 0.5) is 0 Å². The normalized spacial score (nSPS) is 13.3. The molecule has 164 valence electrons. The van der Waals surface area contributed by atoms with Crippen LogP contribution in [0.5, 0.6) is 5.75 Å². The van der Waals surface area contributed by atoms with E-state index in [1.807, 2.05) is 30.5 Å². The van der Waals surface area contributed by atoms with Crippen molar-refractivity contribution in [3.8, 4) is 5.75 Å². The lowest BCUT2D eigenvalue weighted by Crippen LogP contribution is -2.24. The molecule has 0 fully saturated rings. The monoisotopic (exact) mass is 419 g/mol. The fourth-order valence-electron chi connectivity index (χ4n) is 3.81. The first kappa shape index (κ1) is 22.6. The minimum Gasteiger partial charge on any atom is -0.496 e. The molecule has 0 saturated heterocycles. The Bertz CT molecular complexity index is 963. The summed E-state index contributed by atoms with van der Waals surface area (Å²) in [5, 5.41) is 5.31. The quantitative estimate of drug-likeness (QED) is 0.414. The number of aliphatic imine (C=N–C) groups is 1. The zero-order valence-electron chi connectivity index (χ0n) is 18.6. The molecule has 0 radical (unpaired) electrons. The smallest absolute Gasteiger partial charge is 0.243 e. The largest absolute Gasteiger partial charge is 0.496 e. The van der Waals surface area contributed by atoms with Gasteiger partial charge in [0.15, 0.2) is 0 Å². The molecule has 0 bridgehead atoms. The average Bonchev–Trinajstić information content (AvgIpc) is 2.81. The molecule has 0 unspecified atom stereocenters. The van der Waals surface area contributed by atoms with Gasteiger partial charge in [-0.25, -0.2) is 0 Å². The highest BCUT2D eigenvalue weighted by Crippen LogP contribution is 2.33. The number of carbonyl (C=O) groups excluding carboxylic acids is 1. The first-order valence-corrected chi connectivity index (χ1v) is 11.2. The second-order valence-corrected chi connectivity index (χ2v) is 7.75. The third-order valence-corrected chi connectivity index (χ3v) is 5.49. The number of ether oxygens (including phenoxy) is 1. The van der Waals surface area contributed by atoms with Crippen molar-refractivity contribution in [1.29, 1.82) is 0 Å². The molecule has 1 amide bonds. The molecule has 2 aromatic rings. The highest BCUT2D eigenvalue weighted by atomic mass is 16.5. The van der Waals surface area contributed by atoms with Crippen molar-refractivity contribution in [1.82, 2.24) is 10.2 Å². The third-order valence-electron chi connectivity index (χ3n) is 5.49. The number of amides is 1. The van der Waals surface area contributed by atoms with Crippen molar-refractivity contribution in [2.45, 2.75) is 39.0 Å². The molecule has 31 heavy (non-hydrogen) atoms. The number of carbonyl (C=O) groups is 1. The average molecular weight is 420 g/mol. The van der Waals surface area contributed by atoms with Crippen LogP contribution >= 0.6 is 0 Å². The Hall–Kier alpha value is -3.08. The molecule has 2 aromatic carbocycles. The number of nitrogens with zero attached hydrogens (tertiary/aromatic N) is 2. The van der Waals surface area contributed by atoms with Crippen molar-refractivity contribution in [3.05, 3.63) is 59.8 Å². The molecule has 0 atom stereocenters. The zero-order valence-corrected chi connectivity index (χ0v) is 18.6. The Morgan fingerprint density at radius 2 is 2.06 bits per heavy atom. The van der Waals surface area contributed by atoms with Crippen molar-refractivity contribution in [2.75, 3.05) is 26.9 Å². The summed E-state index contributed by atoms with van der Waals surface area (Å²) in [4.78, 5) is 18.7. The van der Waals surface area contributed by atoms with E-state index in [2.05, 4.69) is 46.5 Å². The van der Waals surface area contributed by atoms with E-state index in [-0.39, 0.29) is 5.91 Å². The minimum atomic E-state index is -0.0592. The summed E-state index contributed by atoms with van der Waals surface area (Å²) in [7, 11) is 1.69. The van der Waals surface area contributed by atoms with E-state index in [1.54, 1.807) is 13.2 Å². The molecule has 1 N–H and O–H groups in total. The Balaban J connectivity index is 1.60. The molecule has 0 saturated carbocycles. The number of benzene rings is 2. The number of hydrogen-bond donors (Lipinski definition) is 1. The first-order chi connectivity index (χ1) is 15.2. The molecule has 1 aliphatic rings. The van der Waals surface area contributed by atoms with Gasteiger partial charge in [-0.1, -0.05) is 37.6 Å². The second-order valence-electron chi connectivity index (χ2n) is 7.75. The predicted molar refractivity (Wildman–Crippen MR) is 130 cm³/mol. The van der Waals surface area contributed by atoms with Crippen molar-refractivity contribution in [3.63, 3.8) is 0 Å². The highest BCUT2D eigenvalue weighted by molar-refractivity contribution is 5.96. The zero-order chi connectivity index (χ0) is 21.9. The fraction of sp³-hybridized carbons (Fsp3) is 0.385. The van der Waals surface area contributed by atoms with Crippen LogP contribution in [0.1, 0.15) is 43.7 Å².